The molecule has 0 spiro atoms. The first-order valence-electron chi connectivity index (χ1n) is 7.07. The third kappa shape index (κ3) is 2.75. The van der Waals surface area contributed by atoms with E-state index in [-0.39, 0.29) is 0 Å². The zero-order valence-corrected chi connectivity index (χ0v) is 12.4. The van der Waals surface area contributed by atoms with Gasteiger partial charge in [-0.25, -0.2) is 0 Å². The summed E-state index contributed by atoms with van der Waals surface area (Å²) >= 11 is 1.78. The van der Waals surface area contributed by atoms with Gasteiger partial charge in [-0.3, -0.25) is 0 Å². The van der Waals surface area contributed by atoms with Crippen LogP contribution in [-0.2, 0) is 0 Å². The number of hydrogen-bond acceptors (Lipinski definition) is 2. The molecule has 2 heteroatoms. The molecule has 100 valence electrons. The van der Waals surface area contributed by atoms with Crippen molar-refractivity contribution in [3.63, 3.8) is 0 Å². The Morgan fingerprint density at radius 1 is 1.21 bits per heavy atom. The number of hydrogen-bond donors (Lipinski definition) is 1. The maximum atomic E-state index is 3.74. The molecule has 0 aliphatic heterocycles. The van der Waals surface area contributed by atoms with Gasteiger partial charge in [-0.05, 0) is 66.1 Å². The summed E-state index contributed by atoms with van der Waals surface area (Å²) < 4.78 is 0. The molecule has 0 amide bonds. The van der Waals surface area contributed by atoms with E-state index < -0.39 is 0 Å². The van der Waals surface area contributed by atoms with E-state index in [1.165, 1.54) is 24.0 Å². The summed E-state index contributed by atoms with van der Waals surface area (Å²) in [4.78, 5) is 0. The maximum absolute atomic E-state index is 3.74. The molecule has 0 bridgehead atoms. The Kier molecular flexibility index (Phi) is 3.72. The lowest BCUT2D eigenvalue weighted by molar-refractivity contribution is 0.270. The third-order valence-electron chi connectivity index (χ3n) is 4.30. The molecule has 1 atom stereocenters. The van der Waals surface area contributed by atoms with Gasteiger partial charge in [0, 0.05) is 12.1 Å². The summed E-state index contributed by atoms with van der Waals surface area (Å²) in [5, 5.41) is 8.15. The highest BCUT2D eigenvalue weighted by Crippen LogP contribution is 2.39. The SMILES string of the molecule is Cc1ccccc1C1CC(NC(C)c2ccsc2)C1. The van der Waals surface area contributed by atoms with Crippen LogP contribution >= 0.6 is 11.3 Å². The van der Waals surface area contributed by atoms with Crippen molar-refractivity contribution in [3.8, 4) is 0 Å². The molecule has 1 unspecified atom stereocenters. The van der Waals surface area contributed by atoms with Crippen molar-refractivity contribution in [2.45, 2.75) is 44.7 Å². The van der Waals surface area contributed by atoms with E-state index in [1.807, 2.05) is 0 Å². The van der Waals surface area contributed by atoms with E-state index in [2.05, 4.69) is 60.3 Å². The molecule has 19 heavy (non-hydrogen) atoms. The summed E-state index contributed by atoms with van der Waals surface area (Å²) in [7, 11) is 0. The predicted molar refractivity (Wildman–Crippen MR) is 82.8 cm³/mol. The highest BCUT2D eigenvalue weighted by atomic mass is 32.1. The lowest BCUT2D eigenvalue weighted by Gasteiger charge is -2.38. The second-order valence-electron chi connectivity index (χ2n) is 5.67. The Hall–Kier alpha value is -1.12. The highest BCUT2D eigenvalue weighted by Gasteiger charge is 2.31. The molecule has 2 aromatic rings. The van der Waals surface area contributed by atoms with E-state index in [0.717, 1.165) is 5.92 Å². The van der Waals surface area contributed by atoms with Crippen LogP contribution in [0.1, 0.15) is 48.4 Å². The van der Waals surface area contributed by atoms with Crippen molar-refractivity contribution >= 4 is 11.3 Å². The zero-order valence-electron chi connectivity index (χ0n) is 11.6. The van der Waals surface area contributed by atoms with E-state index in [1.54, 1.807) is 16.9 Å². The molecular formula is C17H21NS. The van der Waals surface area contributed by atoms with Gasteiger partial charge in [0.05, 0.1) is 0 Å². The van der Waals surface area contributed by atoms with Gasteiger partial charge in [-0.15, -0.1) is 0 Å². The average Bonchev–Trinajstić information content (AvgIpc) is 2.88. The first-order chi connectivity index (χ1) is 9.24. The van der Waals surface area contributed by atoms with Gasteiger partial charge >= 0.3 is 0 Å². The highest BCUT2D eigenvalue weighted by molar-refractivity contribution is 7.07. The molecule has 1 aliphatic carbocycles. The van der Waals surface area contributed by atoms with Crippen molar-refractivity contribution < 1.29 is 0 Å². The molecule has 1 aromatic carbocycles. The molecule has 1 fully saturated rings. The molecule has 1 nitrogen and oxygen atoms in total. The van der Waals surface area contributed by atoms with Crippen LogP contribution in [0.5, 0.6) is 0 Å². The van der Waals surface area contributed by atoms with Crippen molar-refractivity contribution in [1.82, 2.24) is 5.32 Å². The van der Waals surface area contributed by atoms with E-state index >= 15 is 0 Å². The van der Waals surface area contributed by atoms with Gasteiger partial charge in [0.15, 0.2) is 0 Å². The molecule has 1 aliphatic rings. The normalized spacial score (nSPS) is 23.9. The topological polar surface area (TPSA) is 12.0 Å². The summed E-state index contributed by atoms with van der Waals surface area (Å²) in [5.41, 5.74) is 4.41. The maximum Gasteiger partial charge on any atom is 0.0302 e. The van der Waals surface area contributed by atoms with Crippen LogP contribution in [0.15, 0.2) is 41.1 Å². The van der Waals surface area contributed by atoms with Crippen LogP contribution in [0.2, 0.25) is 0 Å². The largest absolute Gasteiger partial charge is 0.307 e. The standard InChI is InChI=1S/C17H21NS/c1-12-5-3-4-6-17(12)15-9-16(10-15)18-13(2)14-7-8-19-11-14/h3-8,11,13,15-16,18H,9-10H2,1-2H3. The van der Waals surface area contributed by atoms with Crippen LogP contribution in [-0.4, -0.2) is 6.04 Å². The Balaban J connectivity index is 1.55. The second-order valence-corrected chi connectivity index (χ2v) is 6.45. The Morgan fingerprint density at radius 3 is 2.68 bits per heavy atom. The minimum Gasteiger partial charge on any atom is -0.307 e. The number of aryl methyl sites for hydroxylation is 1. The van der Waals surface area contributed by atoms with E-state index in [0.29, 0.717) is 12.1 Å². The van der Waals surface area contributed by atoms with Gasteiger partial charge < -0.3 is 5.32 Å². The lowest BCUT2D eigenvalue weighted by Crippen LogP contribution is -2.41. The minimum atomic E-state index is 0.481. The zero-order chi connectivity index (χ0) is 13.2. The van der Waals surface area contributed by atoms with Gasteiger partial charge in [0.2, 0.25) is 0 Å². The first-order valence-corrected chi connectivity index (χ1v) is 8.02. The van der Waals surface area contributed by atoms with Crippen molar-refractivity contribution in [3.05, 3.63) is 57.8 Å². The quantitative estimate of drug-likeness (QED) is 0.853. The molecule has 3 rings (SSSR count). The summed E-state index contributed by atoms with van der Waals surface area (Å²) in [5.74, 6) is 0.758. The van der Waals surface area contributed by atoms with Gasteiger partial charge in [-0.1, -0.05) is 24.3 Å². The van der Waals surface area contributed by atoms with Crippen molar-refractivity contribution in [2.75, 3.05) is 0 Å². The molecule has 1 heterocycles. The van der Waals surface area contributed by atoms with Crippen LogP contribution in [0, 0.1) is 6.92 Å². The smallest absolute Gasteiger partial charge is 0.0302 e. The Labute approximate surface area is 119 Å². The minimum absolute atomic E-state index is 0.481. The summed E-state index contributed by atoms with van der Waals surface area (Å²) in [6.45, 7) is 4.49. The van der Waals surface area contributed by atoms with Crippen LogP contribution in [0.25, 0.3) is 0 Å². The third-order valence-corrected chi connectivity index (χ3v) is 5.00. The monoisotopic (exact) mass is 271 g/mol. The fraction of sp³-hybridized carbons (Fsp3) is 0.412. The number of thiophene rings is 1. The number of nitrogens with one attached hydrogen (secondary N) is 1. The van der Waals surface area contributed by atoms with Crippen LogP contribution < -0.4 is 5.32 Å². The van der Waals surface area contributed by atoms with Gasteiger partial charge in [0.25, 0.3) is 0 Å². The van der Waals surface area contributed by atoms with Gasteiger partial charge in [0.1, 0.15) is 0 Å². The van der Waals surface area contributed by atoms with Gasteiger partial charge in [-0.2, -0.15) is 11.3 Å². The second kappa shape index (κ2) is 5.48. The fourth-order valence-corrected chi connectivity index (χ4v) is 3.78. The van der Waals surface area contributed by atoms with Crippen molar-refractivity contribution in [2.24, 2.45) is 0 Å². The molecule has 0 saturated heterocycles. The summed E-state index contributed by atoms with van der Waals surface area (Å²) in [6.07, 6.45) is 2.55. The predicted octanol–water partition coefficient (Wildman–Crippen LogP) is 4.65. The molecule has 1 aromatic heterocycles. The Bertz CT molecular complexity index is 526. The molecule has 0 radical (unpaired) electrons. The average molecular weight is 271 g/mol. The molecule has 1 saturated carbocycles. The molecular weight excluding hydrogens is 250 g/mol. The summed E-state index contributed by atoms with van der Waals surface area (Å²) in [6, 6.07) is 12.2. The van der Waals surface area contributed by atoms with E-state index in [4.69, 9.17) is 0 Å². The first kappa shape index (κ1) is 12.9. The van der Waals surface area contributed by atoms with Crippen LogP contribution in [0.4, 0.5) is 0 Å². The fourth-order valence-electron chi connectivity index (χ4n) is 3.02. The Morgan fingerprint density at radius 2 is 2.00 bits per heavy atom. The lowest BCUT2D eigenvalue weighted by atomic mass is 9.74. The van der Waals surface area contributed by atoms with Crippen LogP contribution in [0.3, 0.4) is 0 Å². The number of rotatable bonds is 4. The van der Waals surface area contributed by atoms with Crippen molar-refractivity contribution in [1.29, 1.82) is 0 Å². The van der Waals surface area contributed by atoms with E-state index in [9.17, 15) is 0 Å². The number of benzene rings is 1. The molecule has 1 N–H and O–H groups in total.